The smallest absolute Gasteiger partial charge is 0.317 e. The molecule has 0 fully saturated rings. The molecule has 2 N–H and O–H groups in total. The zero-order chi connectivity index (χ0) is 15.7. The van der Waals surface area contributed by atoms with Gasteiger partial charge in [0, 0.05) is 47.9 Å². The van der Waals surface area contributed by atoms with E-state index in [4.69, 9.17) is 5.11 Å². The summed E-state index contributed by atoms with van der Waals surface area (Å²) >= 11 is 0. The molecule has 0 aromatic carbocycles. The fraction of sp³-hybridized carbons (Fsp3) is 0.846. The van der Waals surface area contributed by atoms with Crippen molar-refractivity contribution in [2.45, 2.75) is 51.3 Å². The first-order valence-electron chi connectivity index (χ1n) is 6.84. The summed E-state index contributed by atoms with van der Waals surface area (Å²) in [5, 5.41) is 11.5. The molecule has 0 spiro atoms. The highest BCUT2D eigenvalue weighted by molar-refractivity contribution is 7.84. The highest BCUT2D eigenvalue weighted by Gasteiger charge is 2.17. The van der Waals surface area contributed by atoms with Crippen molar-refractivity contribution in [1.29, 1.82) is 0 Å². The van der Waals surface area contributed by atoms with Gasteiger partial charge >= 0.3 is 12.0 Å². The molecule has 0 saturated carbocycles. The minimum Gasteiger partial charge on any atom is -0.481 e. The number of nitrogens with one attached hydrogen (secondary N) is 1. The quantitative estimate of drug-likeness (QED) is 0.674. The lowest BCUT2D eigenvalue weighted by atomic mass is 10.2. The van der Waals surface area contributed by atoms with Crippen LogP contribution in [0.2, 0.25) is 0 Å². The maximum atomic E-state index is 12.0. The molecule has 7 heteroatoms. The lowest BCUT2D eigenvalue weighted by Gasteiger charge is -2.27. The largest absolute Gasteiger partial charge is 0.481 e. The molecule has 0 aliphatic heterocycles. The van der Waals surface area contributed by atoms with E-state index in [1.165, 1.54) is 0 Å². The van der Waals surface area contributed by atoms with Gasteiger partial charge in [0.1, 0.15) is 0 Å². The third kappa shape index (κ3) is 8.14. The summed E-state index contributed by atoms with van der Waals surface area (Å²) in [5.41, 5.74) is 0. The van der Waals surface area contributed by atoms with Gasteiger partial charge < -0.3 is 15.3 Å². The van der Waals surface area contributed by atoms with E-state index in [9.17, 15) is 13.8 Å². The molecule has 0 aliphatic carbocycles. The second-order valence-corrected chi connectivity index (χ2v) is 6.92. The van der Waals surface area contributed by atoms with Crippen LogP contribution >= 0.6 is 0 Å². The third-order valence-electron chi connectivity index (χ3n) is 3.07. The van der Waals surface area contributed by atoms with E-state index in [0.717, 1.165) is 0 Å². The van der Waals surface area contributed by atoms with Crippen LogP contribution in [0.15, 0.2) is 0 Å². The van der Waals surface area contributed by atoms with Gasteiger partial charge in [0.2, 0.25) is 0 Å². The Kier molecular flexibility index (Phi) is 9.20. The molecule has 0 heterocycles. The molecule has 0 bridgehead atoms. The minimum atomic E-state index is -0.885. The summed E-state index contributed by atoms with van der Waals surface area (Å²) in [6.45, 7) is 6.57. The van der Waals surface area contributed by atoms with Crippen molar-refractivity contribution in [2.24, 2.45) is 0 Å². The molecule has 2 unspecified atom stereocenters. The number of hydrogen-bond donors (Lipinski definition) is 2. The number of nitrogens with zero attached hydrogens (tertiary/aromatic N) is 1. The molecular formula is C13H26N2O4S. The molecule has 0 aromatic heterocycles. The topological polar surface area (TPSA) is 86.7 Å². The molecule has 0 radical (unpaired) electrons. The standard InChI is InChI=1S/C13H26N2O4S/c1-10(2)15(9-5-6-12(16)17)13(18)14-8-7-11(3)20(4)19/h10-11H,5-9H2,1-4H3,(H,14,18)(H,16,17). The highest BCUT2D eigenvalue weighted by atomic mass is 32.2. The molecule has 2 atom stereocenters. The molecule has 0 aromatic rings. The average molecular weight is 306 g/mol. The van der Waals surface area contributed by atoms with Crippen LogP contribution in [0.3, 0.4) is 0 Å². The highest BCUT2D eigenvalue weighted by Crippen LogP contribution is 2.03. The average Bonchev–Trinajstić information content (AvgIpc) is 2.33. The Hall–Kier alpha value is -1.11. The summed E-state index contributed by atoms with van der Waals surface area (Å²) in [4.78, 5) is 24.1. The number of amides is 2. The summed E-state index contributed by atoms with van der Waals surface area (Å²) in [6.07, 6.45) is 2.81. The van der Waals surface area contributed by atoms with Crippen LogP contribution < -0.4 is 5.32 Å². The van der Waals surface area contributed by atoms with Gasteiger partial charge in [-0.2, -0.15) is 0 Å². The van der Waals surface area contributed by atoms with Gasteiger partial charge in [0.25, 0.3) is 0 Å². The first-order valence-corrected chi connectivity index (χ1v) is 8.46. The van der Waals surface area contributed by atoms with Gasteiger partial charge in [0.05, 0.1) is 0 Å². The van der Waals surface area contributed by atoms with E-state index in [-0.39, 0.29) is 23.7 Å². The van der Waals surface area contributed by atoms with Crippen LogP contribution in [0.5, 0.6) is 0 Å². The van der Waals surface area contributed by atoms with Crippen molar-refractivity contribution in [3.8, 4) is 0 Å². The third-order valence-corrected chi connectivity index (χ3v) is 4.44. The summed E-state index contributed by atoms with van der Waals surface area (Å²) in [5.74, 6) is -0.853. The Morgan fingerprint density at radius 3 is 2.35 bits per heavy atom. The summed E-state index contributed by atoms with van der Waals surface area (Å²) < 4.78 is 11.2. The molecule has 0 aliphatic rings. The number of rotatable bonds is 9. The first-order chi connectivity index (χ1) is 9.25. The van der Waals surface area contributed by atoms with Gasteiger partial charge in [-0.15, -0.1) is 0 Å². The fourth-order valence-corrected chi connectivity index (χ4v) is 2.09. The molecule has 20 heavy (non-hydrogen) atoms. The zero-order valence-corrected chi connectivity index (χ0v) is 13.5. The monoisotopic (exact) mass is 306 g/mol. The molecular weight excluding hydrogens is 280 g/mol. The Bertz CT molecular complexity index is 347. The van der Waals surface area contributed by atoms with Crippen molar-refractivity contribution in [3.05, 3.63) is 0 Å². The summed E-state index contributed by atoms with van der Waals surface area (Å²) in [6, 6.07) is -0.180. The molecule has 0 rings (SSSR count). The number of urea groups is 1. The second-order valence-electron chi connectivity index (χ2n) is 5.11. The van der Waals surface area contributed by atoms with Gasteiger partial charge in [-0.1, -0.05) is 6.92 Å². The lowest BCUT2D eigenvalue weighted by molar-refractivity contribution is -0.137. The van der Waals surface area contributed by atoms with Gasteiger partial charge in [-0.05, 0) is 26.7 Å². The lowest BCUT2D eigenvalue weighted by Crippen LogP contribution is -2.45. The Morgan fingerprint density at radius 1 is 1.30 bits per heavy atom. The van der Waals surface area contributed by atoms with Crippen LogP contribution in [0.1, 0.15) is 40.0 Å². The molecule has 2 amide bonds. The van der Waals surface area contributed by atoms with Crippen molar-refractivity contribution in [2.75, 3.05) is 19.3 Å². The maximum absolute atomic E-state index is 12.0. The van der Waals surface area contributed by atoms with Crippen LogP contribution in [0.25, 0.3) is 0 Å². The first kappa shape index (κ1) is 18.9. The van der Waals surface area contributed by atoms with E-state index >= 15 is 0 Å². The Balaban J connectivity index is 4.16. The number of aliphatic carboxylic acids is 1. The predicted molar refractivity (Wildman–Crippen MR) is 80.3 cm³/mol. The zero-order valence-electron chi connectivity index (χ0n) is 12.7. The summed E-state index contributed by atoms with van der Waals surface area (Å²) in [7, 11) is -0.885. The van der Waals surface area contributed by atoms with Crippen LogP contribution in [-0.4, -0.2) is 56.9 Å². The van der Waals surface area contributed by atoms with Crippen molar-refractivity contribution in [3.63, 3.8) is 0 Å². The minimum absolute atomic E-state index is 0.0153. The number of hydrogen-bond acceptors (Lipinski definition) is 3. The molecule has 118 valence electrons. The Labute approximate surface area is 123 Å². The van der Waals surface area contributed by atoms with Crippen molar-refractivity contribution < 1.29 is 18.9 Å². The normalized spacial score (nSPS) is 13.8. The van der Waals surface area contributed by atoms with Gasteiger partial charge in [-0.25, -0.2) is 4.79 Å². The van der Waals surface area contributed by atoms with Crippen LogP contribution in [0, 0.1) is 0 Å². The van der Waals surface area contributed by atoms with E-state index < -0.39 is 16.8 Å². The van der Waals surface area contributed by atoms with E-state index in [0.29, 0.717) is 25.9 Å². The van der Waals surface area contributed by atoms with Gasteiger partial charge in [-0.3, -0.25) is 9.00 Å². The fourth-order valence-electron chi connectivity index (χ4n) is 1.64. The van der Waals surface area contributed by atoms with E-state index in [1.54, 1.807) is 11.2 Å². The van der Waals surface area contributed by atoms with Crippen molar-refractivity contribution >= 4 is 22.8 Å². The SMILES string of the molecule is CC(C)N(CCCC(=O)O)C(=O)NCCC(C)S(C)=O. The maximum Gasteiger partial charge on any atom is 0.317 e. The van der Waals surface area contributed by atoms with Crippen LogP contribution in [-0.2, 0) is 15.6 Å². The predicted octanol–water partition coefficient (Wildman–Crippen LogP) is 1.43. The molecule has 6 nitrogen and oxygen atoms in total. The second kappa shape index (κ2) is 9.74. The number of carbonyl (C=O) groups excluding carboxylic acids is 1. The Morgan fingerprint density at radius 2 is 1.90 bits per heavy atom. The van der Waals surface area contributed by atoms with Crippen molar-refractivity contribution in [1.82, 2.24) is 10.2 Å². The van der Waals surface area contributed by atoms with E-state index in [2.05, 4.69) is 5.32 Å². The number of carbonyl (C=O) groups is 2. The number of carboxylic acid groups (broad SMARTS) is 1. The van der Waals surface area contributed by atoms with Gasteiger partial charge in [0.15, 0.2) is 0 Å². The van der Waals surface area contributed by atoms with Crippen LogP contribution in [0.4, 0.5) is 4.79 Å². The van der Waals surface area contributed by atoms with E-state index in [1.807, 2.05) is 20.8 Å². The number of carboxylic acids is 1. The molecule has 0 saturated heterocycles.